The Morgan fingerprint density at radius 2 is 1.93 bits per heavy atom. The molecule has 8 heteroatoms. The Morgan fingerprint density at radius 3 is 2.56 bits per heavy atom. The van der Waals surface area contributed by atoms with Gasteiger partial charge in [-0.3, -0.25) is 9.52 Å². The third kappa shape index (κ3) is 3.91. The van der Waals surface area contributed by atoms with Crippen LogP contribution in [0, 0.1) is 6.92 Å². The highest BCUT2D eigenvalue weighted by Gasteiger charge is 2.27. The number of carbonyl (C=O) groups is 1. The van der Waals surface area contributed by atoms with E-state index in [9.17, 15) is 13.2 Å². The van der Waals surface area contributed by atoms with Crippen molar-refractivity contribution in [2.24, 2.45) is 0 Å². The molecule has 0 radical (unpaired) electrons. The van der Waals surface area contributed by atoms with Crippen LogP contribution in [-0.2, 0) is 15.0 Å². The van der Waals surface area contributed by atoms with Gasteiger partial charge in [-0.1, -0.05) is 18.2 Å². The van der Waals surface area contributed by atoms with Crippen LogP contribution in [0.5, 0.6) is 5.75 Å². The van der Waals surface area contributed by atoms with E-state index in [1.807, 2.05) is 31.2 Å². The number of carbonyl (C=O) groups excluding carboxylic acids is 1. The largest absolute Gasteiger partial charge is 0.496 e. The van der Waals surface area contributed by atoms with Gasteiger partial charge in [0.2, 0.25) is 5.91 Å². The van der Waals surface area contributed by atoms with Crippen LogP contribution in [0.4, 0.5) is 11.4 Å². The van der Waals surface area contributed by atoms with Gasteiger partial charge in [-0.05, 0) is 41.8 Å². The molecule has 1 unspecified atom stereocenters. The summed E-state index contributed by atoms with van der Waals surface area (Å²) in [6, 6.07) is 11.1. The number of anilines is 2. The first-order valence-corrected chi connectivity index (χ1v) is 9.94. The van der Waals surface area contributed by atoms with E-state index in [0.29, 0.717) is 17.8 Å². The molecular weight excluding hydrogens is 366 g/mol. The van der Waals surface area contributed by atoms with E-state index >= 15 is 0 Å². The van der Waals surface area contributed by atoms with Gasteiger partial charge in [-0.15, -0.1) is 0 Å². The molecule has 1 aliphatic heterocycles. The van der Waals surface area contributed by atoms with E-state index in [-0.39, 0.29) is 11.8 Å². The van der Waals surface area contributed by atoms with Crippen LogP contribution in [0.1, 0.15) is 29.0 Å². The predicted octanol–water partition coefficient (Wildman–Crippen LogP) is 2.70. The molecule has 0 bridgehead atoms. The minimum absolute atomic E-state index is 0.0992. The summed E-state index contributed by atoms with van der Waals surface area (Å²) in [5.74, 6) is 0.596. The Labute approximate surface area is 159 Å². The maximum atomic E-state index is 12.2. The highest BCUT2D eigenvalue weighted by atomic mass is 32.2. The number of benzene rings is 2. The van der Waals surface area contributed by atoms with E-state index in [1.54, 1.807) is 19.2 Å². The molecule has 144 valence electrons. The van der Waals surface area contributed by atoms with Crippen molar-refractivity contribution >= 4 is 27.5 Å². The molecule has 2 aromatic rings. The van der Waals surface area contributed by atoms with Crippen molar-refractivity contribution in [3.63, 3.8) is 0 Å². The van der Waals surface area contributed by atoms with Crippen molar-refractivity contribution in [2.45, 2.75) is 19.3 Å². The lowest BCUT2D eigenvalue weighted by Gasteiger charge is -2.27. The van der Waals surface area contributed by atoms with E-state index in [4.69, 9.17) is 4.74 Å². The Balaban J connectivity index is 1.98. The molecule has 2 N–H and O–H groups in total. The first-order valence-electron chi connectivity index (χ1n) is 8.50. The van der Waals surface area contributed by atoms with Gasteiger partial charge in [-0.25, -0.2) is 0 Å². The van der Waals surface area contributed by atoms with E-state index in [1.165, 1.54) is 14.1 Å². The number of rotatable bonds is 5. The topological polar surface area (TPSA) is 87.7 Å². The van der Waals surface area contributed by atoms with Crippen LogP contribution in [0.3, 0.4) is 0 Å². The molecule has 27 heavy (non-hydrogen) atoms. The fourth-order valence-corrected chi connectivity index (χ4v) is 3.79. The molecule has 1 heterocycles. The summed E-state index contributed by atoms with van der Waals surface area (Å²) >= 11 is 0. The zero-order valence-electron chi connectivity index (χ0n) is 15.7. The van der Waals surface area contributed by atoms with E-state index < -0.39 is 10.2 Å². The van der Waals surface area contributed by atoms with Crippen molar-refractivity contribution in [2.75, 3.05) is 31.2 Å². The lowest BCUT2D eigenvalue weighted by molar-refractivity contribution is -0.116. The van der Waals surface area contributed by atoms with Crippen LogP contribution >= 0.6 is 0 Å². The molecule has 0 saturated carbocycles. The summed E-state index contributed by atoms with van der Waals surface area (Å²) in [7, 11) is 0.911. The van der Waals surface area contributed by atoms with Gasteiger partial charge < -0.3 is 10.1 Å². The molecule has 7 nitrogen and oxygen atoms in total. The zero-order chi connectivity index (χ0) is 19.8. The summed E-state index contributed by atoms with van der Waals surface area (Å²) in [5, 5.41) is 2.84. The number of aryl methyl sites for hydroxylation is 1. The highest BCUT2D eigenvalue weighted by molar-refractivity contribution is 7.90. The Kier molecular flexibility index (Phi) is 5.12. The number of amides is 1. The lowest BCUT2D eigenvalue weighted by atomic mass is 9.84. The minimum atomic E-state index is -3.61. The molecule has 1 atom stereocenters. The van der Waals surface area contributed by atoms with Crippen molar-refractivity contribution in [1.29, 1.82) is 0 Å². The molecule has 1 aliphatic rings. The highest BCUT2D eigenvalue weighted by Crippen LogP contribution is 2.39. The lowest BCUT2D eigenvalue weighted by Crippen LogP contribution is -2.29. The molecule has 0 saturated heterocycles. The van der Waals surface area contributed by atoms with Crippen molar-refractivity contribution in [3.05, 3.63) is 53.1 Å². The average Bonchev–Trinajstić information content (AvgIpc) is 2.60. The molecule has 1 amide bonds. The number of ether oxygens (including phenoxy) is 1. The smallest absolute Gasteiger partial charge is 0.301 e. The summed E-state index contributed by atoms with van der Waals surface area (Å²) in [4.78, 5) is 12.2. The molecule has 2 aromatic carbocycles. The number of nitrogens with one attached hydrogen (secondary N) is 2. The first kappa shape index (κ1) is 19.2. The second-order valence-corrected chi connectivity index (χ2v) is 8.61. The number of methoxy groups -OCH3 is 1. The van der Waals surface area contributed by atoms with Crippen LogP contribution in [0.15, 0.2) is 36.4 Å². The van der Waals surface area contributed by atoms with Gasteiger partial charge in [0.15, 0.2) is 0 Å². The Morgan fingerprint density at radius 1 is 1.19 bits per heavy atom. The predicted molar refractivity (Wildman–Crippen MR) is 105 cm³/mol. The van der Waals surface area contributed by atoms with Crippen LogP contribution < -0.4 is 14.8 Å². The molecular formula is C19H23N3O4S. The molecule has 0 spiro atoms. The number of fused-ring (bicyclic) bond motifs is 1. The maximum Gasteiger partial charge on any atom is 0.301 e. The van der Waals surface area contributed by atoms with Crippen LogP contribution in [0.25, 0.3) is 0 Å². The molecule has 3 rings (SSSR count). The summed E-state index contributed by atoms with van der Waals surface area (Å²) in [6.07, 6.45) is 0.335. The van der Waals surface area contributed by atoms with Crippen molar-refractivity contribution in [1.82, 2.24) is 4.31 Å². The second-order valence-electron chi connectivity index (χ2n) is 6.73. The van der Waals surface area contributed by atoms with E-state index in [2.05, 4.69) is 10.0 Å². The third-order valence-electron chi connectivity index (χ3n) is 4.64. The van der Waals surface area contributed by atoms with Gasteiger partial charge in [0, 0.05) is 32.1 Å². The first-order chi connectivity index (χ1) is 12.7. The number of hydrogen-bond donors (Lipinski definition) is 2. The third-order valence-corrected chi connectivity index (χ3v) is 6.10. The zero-order valence-corrected chi connectivity index (χ0v) is 16.6. The second kappa shape index (κ2) is 7.21. The summed E-state index contributed by atoms with van der Waals surface area (Å²) < 4.78 is 33.0. The minimum Gasteiger partial charge on any atom is -0.496 e. The van der Waals surface area contributed by atoms with Crippen LogP contribution in [0.2, 0.25) is 0 Å². The number of nitrogens with zero attached hydrogens (tertiary/aromatic N) is 1. The SMILES string of the molecule is COc1ccc(C2CC(=O)Nc3cc(NS(=O)(=O)N(C)C)ccc32)cc1C. The van der Waals surface area contributed by atoms with Gasteiger partial charge in [0.05, 0.1) is 12.8 Å². The Hall–Kier alpha value is -2.58. The quantitative estimate of drug-likeness (QED) is 0.823. The van der Waals surface area contributed by atoms with Gasteiger partial charge >= 0.3 is 10.2 Å². The van der Waals surface area contributed by atoms with Crippen molar-refractivity contribution in [3.8, 4) is 5.75 Å². The summed E-state index contributed by atoms with van der Waals surface area (Å²) in [5.41, 5.74) is 3.98. The molecule has 0 fully saturated rings. The normalized spacial score (nSPS) is 16.6. The van der Waals surface area contributed by atoms with Crippen molar-refractivity contribution < 1.29 is 17.9 Å². The van der Waals surface area contributed by atoms with E-state index in [0.717, 1.165) is 26.7 Å². The monoisotopic (exact) mass is 389 g/mol. The number of hydrogen-bond acceptors (Lipinski definition) is 4. The maximum absolute atomic E-state index is 12.2. The van der Waals surface area contributed by atoms with Crippen LogP contribution in [-0.4, -0.2) is 39.8 Å². The molecule has 0 aliphatic carbocycles. The average molecular weight is 389 g/mol. The van der Waals surface area contributed by atoms with Gasteiger partial charge in [-0.2, -0.15) is 12.7 Å². The fraction of sp³-hybridized carbons (Fsp3) is 0.316. The summed E-state index contributed by atoms with van der Waals surface area (Å²) in [6.45, 7) is 1.96. The Bertz CT molecular complexity index is 986. The van der Waals surface area contributed by atoms with Gasteiger partial charge in [0.25, 0.3) is 0 Å². The molecule has 0 aromatic heterocycles. The van der Waals surface area contributed by atoms with Gasteiger partial charge in [0.1, 0.15) is 5.75 Å². The fourth-order valence-electron chi connectivity index (χ4n) is 3.18. The standard InChI is InChI=1S/C19H23N3O4S/c1-12-9-13(5-8-18(12)26-4)16-11-19(23)20-17-10-14(6-7-15(16)17)21-27(24,25)22(2)3/h5-10,16,21H,11H2,1-4H3,(H,20,23).